The second kappa shape index (κ2) is 10.5. The van der Waals surface area contributed by atoms with E-state index in [-0.39, 0.29) is 17.1 Å². The van der Waals surface area contributed by atoms with Crippen LogP contribution in [0.3, 0.4) is 0 Å². The highest BCUT2D eigenvalue weighted by atomic mass is 19.1. The summed E-state index contributed by atoms with van der Waals surface area (Å²) >= 11 is 0. The minimum atomic E-state index is -0.435. The summed E-state index contributed by atoms with van der Waals surface area (Å²) in [5.74, 6) is 1.04. The maximum atomic E-state index is 13.3. The number of anilines is 2. The molecule has 38 heavy (non-hydrogen) atoms. The van der Waals surface area contributed by atoms with Gasteiger partial charge in [-0.15, -0.1) is 0 Å². The highest BCUT2D eigenvalue weighted by Crippen LogP contribution is 2.32. The quantitative estimate of drug-likeness (QED) is 0.204. The summed E-state index contributed by atoms with van der Waals surface area (Å²) in [6.07, 6.45) is 4.06. The van der Waals surface area contributed by atoms with E-state index in [1.54, 1.807) is 24.3 Å². The number of non-ortho nitro benzene ring substituents is 1. The molecule has 196 valence electrons. The lowest BCUT2D eigenvalue weighted by molar-refractivity contribution is -0.384. The van der Waals surface area contributed by atoms with Gasteiger partial charge in [0, 0.05) is 55.2 Å². The van der Waals surface area contributed by atoms with Gasteiger partial charge >= 0.3 is 0 Å². The molecule has 0 unspecified atom stereocenters. The van der Waals surface area contributed by atoms with E-state index in [0.717, 1.165) is 35.8 Å². The number of aliphatic imine (C=N–C) groups is 1. The summed E-state index contributed by atoms with van der Waals surface area (Å²) < 4.78 is 19.3. The molecule has 0 aromatic heterocycles. The van der Waals surface area contributed by atoms with Gasteiger partial charge in [-0.05, 0) is 74.5 Å². The fourth-order valence-electron chi connectivity index (χ4n) is 4.33. The second-order valence-electron chi connectivity index (χ2n) is 9.71. The number of halogens is 1. The number of hydrazine groups is 1. The third kappa shape index (κ3) is 6.09. The van der Waals surface area contributed by atoms with Gasteiger partial charge in [0.2, 0.25) is 5.96 Å². The van der Waals surface area contributed by atoms with Crippen LogP contribution in [0.2, 0.25) is 0 Å². The molecule has 0 atom stereocenters. The van der Waals surface area contributed by atoms with Crippen LogP contribution in [-0.2, 0) is 0 Å². The minimum Gasteiger partial charge on any atom is -0.483 e. The van der Waals surface area contributed by atoms with E-state index in [2.05, 4.69) is 20.7 Å². The first kappa shape index (κ1) is 25.2. The fraction of sp³-hybridized carbons (Fsp3) is 0.250. The van der Waals surface area contributed by atoms with Crippen LogP contribution in [0.5, 0.6) is 5.75 Å². The Morgan fingerprint density at radius 2 is 1.74 bits per heavy atom. The van der Waals surface area contributed by atoms with Crippen LogP contribution < -0.4 is 20.4 Å². The summed E-state index contributed by atoms with van der Waals surface area (Å²) in [6, 6.07) is 18.4. The lowest BCUT2D eigenvalue weighted by Crippen LogP contribution is -2.55. The molecule has 1 fully saturated rings. The highest BCUT2D eigenvalue weighted by Gasteiger charge is 2.22. The third-order valence-corrected chi connectivity index (χ3v) is 6.35. The van der Waals surface area contributed by atoms with E-state index in [1.807, 2.05) is 44.2 Å². The third-order valence-electron chi connectivity index (χ3n) is 6.35. The van der Waals surface area contributed by atoms with Crippen LogP contribution in [0.15, 0.2) is 77.8 Å². The van der Waals surface area contributed by atoms with E-state index in [9.17, 15) is 14.5 Å². The number of hydrogen-bond donors (Lipinski definition) is 2. The average molecular weight is 517 g/mol. The molecule has 10 heteroatoms. The standard InChI is InChI=1S/C28H29FN6O3/c1-28(2)14-13-20-19-23(7-12-26(20)38-28)31-27(30-22-5-10-25(11-6-22)35(36)37)32-34-17-15-33(16-18-34)24-8-3-21(29)4-9-24/h3-14,19H,15-18H2,1-2H3,(H2,30,31,32). The van der Waals surface area contributed by atoms with E-state index in [4.69, 9.17) is 9.73 Å². The second-order valence-corrected chi connectivity index (χ2v) is 9.71. The monoisotopic (exact) mass is 516 g/mol. The number of rotatable bonds is 5. The Labute approximate surface area is 220 Å². The lowest BCUT2D eigenvalue weighted by atomic mass is 10.0. The summed E-state index contributed by atoms with van der Waals surface area (Å²) in [5.41, 5.74) is 6.34. The summed E-state index contributed by atoms with van der Waals surface area (Å²) in [5, 5.41) is 16.4. The van der Waals surface area contributed by atoms with Crippen molar-refractivity contribution in [2.45, 2.75) is 19.4 Å². The van der Waals surface area contributed by atoms with Crippen molar-refractivity contribution in [2.24, 2.45) is 4.99 Å². The Morgan fingerprint density at radius 3 is 2.42 bits per heavy atom. The number of fused-ring (bicyclic) bond motifs is 1. The molecular weight excluding hydrogens is 487 g/mol. The van der Waals surface area contributed by atoms with Crippen LogP contribution in [0.1, 0.15) is 19.4 Å². The molecule has 0 bridgehead atoms. The fourth-order valence-corrected chi connectivity index (χ4v) is 4.33. The Balaban J connectivity index is 1.33. The number of ether oxygens (including phenoxy) is 1. The first-order valence-electron chi connectivity index (χ1n) is 12.4. The Bertz CT molecular complexity index is 1360. The Kier molecular flexibility index (Phi) is 6.97. The topological polar surface area (TPSA) is 95.3 Å². The van der Waals surface area contributed by atoms with Crippen molar-refractivity contribution < 1.29 is 14.1 Å². The van der Waals surface area contributed by atoms with Crippen LogP contribution >= 0.6 is 0 Å². The minimum absolute atomic E-state index is 0.00716. The van der Waals surface area contributed by atoms with Gasteiger partial charge in [0.25, 0.3) is 5.69 Å². The molecule has 2 heterocycles. The number of nitrogens with one attached hydrogen (secondary N) is 2. The molecule has 2 aliphatic rings. The van der Waals surface area contributed by atoms with Crippen molar-refractivity contribution in [1.82, 2.24) is 10.4 Å². The number of benzene rings is 3. The Hall–Kier alpha value is -4.44. The van der Waals surface area contributed by atoms with Crippen LogP contribution in [0.25, 0.3) is 6.08 Å². The molecule has 0 spiro atoms. The van der Waals surface area contributed by atoms with Gasteiger partial charge in [-0.25, -0.2) is 14.4 Å². The lowest BCUT2D eigenvalue weighted by Gasteiger charge is -2.36. The number of guanidine groups is 1. The van der Waals surface area contributed by atoms with Gasteiger partial charge in [0.05, 0.1) is 10.6 Å². The van der Waals surface area contributed by atoms with Crippen molar-refractivity contribution in [3.8, 4) is 5.75 Å². The highest BCUT2D eigenvalue weighted by molar-refractivity contribution is 5.95. The van der Waals surface area contributed by atoms with Crippen molar-refractivity contribution in [3.05, 3.63) is 94.3 Å². The molecular formula is C28H29FN6O3. The average Bonchev–Trinajstić information content (AvgIpc) is 2.90. The molecule has 3 aromatic rings. The zero-order valence-electron chi connectivity index (χ0n) is 21.2. The van der Waals surface area contributed by atoms with Gasteiger partial charge < -0.3 is 15.0 Å². The normalized spacial score (nSPS) is 16.9. The van der Waals surface area contributed by atoms with Gasteiger partial charge in [-0.1, -0.05) is 6.08 Å². The van der Waals surface area contributed by atoms with E-state index < -0.39 is 4.92 Å². The molecule has 3 aromatic carbocycles. The van der Waals surface area contributed by atoms with E-state index in [1.165, 1.54) is 24.3 Å². The smallest absolute Gasteiger partial charge is 0.269 e. The predicted molar refractivity (Wildman–Crippen MR) is 147 cm³/mol. The van der Waals surface area contributed by atoms with E-state index >= 15 is 0 Å². The predicted octanol–water partition coefficient (Wildman–Crippen LogP) is 5.34. The first-order chi connectivity index (χ1) is 18.2. The first-order valence-corrected chi connectivity index (χ1v) is 12.4. The van der Waals surface area contributed by atoms with Crippen molar-refractivity contribution in [1.29, 1.82) is 0 Å². The Morgan fingerprint density at radius 1 is 1.03 bits per heavy atom. The summed E-state index contributed by atoms with van der Waals surface area (Å²) in [7, 11) is 0. The van der Waals surface area contributed by atoms with Gasteiger partial charge in [0.15, 0.2) is 0 Å². The molecule has 0 radical (unpaired) electrons. The van der Waals surface area contributed by atoms with Crippen LogP contribution in [0.4, 0.5) is 27.1 Å². The molecule has 2 N–H and O–H groups in total. The molecule has 0 saturated carbocycles. The molecule has 5 rings (SSSR count). The zero-order valence-corrected chi connectivity index (χ0v) is 21.2. The number of nitro groups is 1. The maximum Gasteiger partial charge on any atom is 0.269 e. The number of nitrogens with zero attached hydrogens (tertiary/aromatic N) is 4. The van der Waals surface area contributed by atoms with Gasteiger partial charge in [0.1, 0.15) is 17.2 Å². The molecule has 2 aliphatic heterocycles. The van der Waals surface area contributed by atoms with Crippen LogP contribution in [0, 0.1) is 15.9 Å². The SMILES string of the molecule is CC1(C)C=Cc2cc(NC(=Nc3ccc([N+](=O)[O-])cc3)NN3CCN(c4ccc(F)cc4)CC3)ccc2O1. The van der Waals surface area contributed by atoms with Crippen molar-refractivity contribution in [3.63, 3.8) is 0 Å². The molecule has 1 saturated heterocycles. The summed E-state index contributed by atoms with van der Waals surface area (Å²) in [6.45, 7) is 6.92. The largest absolute Gasteiger partial charge is 0.483 e. The number of hydrogen-bond acceptors (Lipinski definition) is 6. The van der Waals surface area contributed by atoms with Crippen LogP contribution in [-0.4, -0.2) is 47.7 Å². The zero-order chi connectivity index (χ0) is 26.7. The molecule has 0 amide bonds. The van der Waals surface area contributed by atoms with Gasteiger partial charge in [-0.2, -0.15) is 0 Å². The van der Waals surface area contributed by atoms with E-state index in [0.29, 0.717) is 24.7 Å². The maximum absolute atomic E-state index is 13.3. The van der Waals surface area contributed by atoms with Gasteiger partial charge in [-0.3, -0.25) is 15.5 Å². The van der Waals surface area contributed by atoms with Crippen molar-refractivity contribution in [2.75, 3.05) is 36.4 Å². The number of piperazine rings is 1. The molecule has 9 nitrogen and oxygen atoms in total. The summed E-state index contributed by atoms with van der Waals surface area (Å²) in [4.78, 5) is 17.5. The number of nitro benzene ring substituents is 1. The molecule has 0 aliphatic carbocycles. The van der Waals surface area contributed by atoms with Crippen molar-refractivity contribution >= 4 is 34.8 Å².